The zero-order valence-corrected chi connectivity index (χ0v) is 13.2. The Balaban J connectivity index is 1.82. The Morgan fingerprint density at radius 3 is 2.50 bits per heavy atom. The minimum atomic E-state index is -0.468. The Morgan fingerprint density at radius 2 is 1.77 bits per heavy atom. The van der Waals surface area contributed by atoms with E-state index in [2.05, 4.69) is 29.3 Å². The molecule has 0 saturated carbocycles. The number of methoxy groups -OCH3 is 1. The van der Waals surface area contributed by atoms with Crippen molar-refractivity contribution in [2.45, 2.75) is 19.1 Å². The molecule has 0 aliphatic carbocycles. The quantitative estimate of drug-likeness (QED) is 0.908. The lowest BCUT2D eigenvalue weighted by Gasteiger charge is -2.35. The molecule has 1 heterocycles. The topological polar surface area (TPSA) is 44.7 Å². The van der Waals surface area contributed by atoms with Gasteiger partial charge in [0.15, 0.2) is 0 Å². The van der Waals surface area contributed by atoms with Crippen molar-refractivity contribution in [2.24, 2.45) is 0 Å². The average molecular weight is 300 g/mol. The molecule has 0 amide bonds. The Hall–Kier alpha value is -1.62. The van der Waals surface area contributed by atoms with Crippen molar-refractivity contribution in [1.29, 1.82) is 0 Å². The molecule has 2 atom stereocenters. The maximum atomic E-state index is 10.7. The van der Waals surface area contributed by atoms with Crippen LogP contribution in [0.5, 0.6) is 5.75 Å². The predicted molar refractivity (Wildman–Crippen MR) is 89.4 cm³/mol. The van der Waals surface area contributed by atoms with Gasteiger partial charge in [-0.15, -0.1) is 0 Å². The van der Waals surface area contributed by atoms with Crippen LogP contribution in [0.1, 0.15) is 18.6 Å². The van der Waals surface area contributed by atoms with E-state index in [0.717, 1.165) is 48.3 Å². The average Bonchev–Trinajstić information content (AvgIpc) is 2.60. The largest absolute Gasteiger partial charge is 0.497 e. The monoisotopic (exact) mass is 300 g/mol. The number of aliphatic hydroxyl groups excluding tert-OH is 1. The van der Waals surface area contributed by atoms with Crippen molar-refractivity contribution in [3.05, 3.63) is 42.0 Å². The van der Waals surface area contributed by atoms with Crippen LogP contribution in [0.25, 0.3) is 10.8 Å². The van der Waals surface area contributed by atoms with E-state index in [-0.39, 0.29) is 6.04 Å². The van der Waals surface area contributed by atoms with Gasteiger partial charge in [-0.1, -0.05) is 18.2 Å². The Kier molecular flexibility index (Phi) is 4.62. The number of hydrogen-bond donors (Lipinski definition) is 2. The normalized spacial score (nSPS) is 19.0. The molecule has 4 heteroatoms. The highest BCUT2D eigenvalue weighted by Gasteiger charge is 2.24. The minimum Gasteiger partial charge on any atom is -0.497 e. The third kappa shape index (κ3) is 3.09. The number of rotatable bonds is 4. The number of benzene rings is 2. The second-order valence-electron chi connectivity index (χ2n) is 5.94. The molecule has 118 valence electrons. The zero-order chi connectivity index (χ0) is 15.5. The molecule has 3 rings (SSSR count). The minimum absolute atomic E-state index is 0.123. The maximum Gasteiger partial charge on any atom is 0.119 e. The van der Waals surface area contributed by atoms with Gasteiger partial charge in [-0.3, -0.25) is 4.90 Å². The van der Waals surface area contributed by atoms with E-state index < -0.39 is 6.10 Å². The first kappa shape index (κ1) is 15.3. The molecule has 1 aliphatic rings. The fourth-order valence-electron chi connectivity index (χ4n) is 3.12. The Morgan fingerprint density at radius 1 is 1.09 bits per heavy atom. The summed E-state index contributed by atoms with van der Waals surface area (Å²) in [6.07, 6.45) is -0.468. The number of nitrogens with zero attached hydrogens (tertiary/aromatic N) is 1. The molecule has 2 N–H and O–H groups in total. The summed E-state index contributed by atoms with van der Waals surface area (Å²) in [6, 6.07) is 12.3. The third-order valence-electron chi connectivity index (χ3n) is 4.60. The van der Waals surface area contributed by atoms with Gasteiger partial charge in [-0.2, -0.15) is 0 Å². The molecule has 2 aromatic rings. The van der Waals surface area contributed by atoms with Crippen molar-refractivity contribution in [1.82, 2.24) is 10.2 Å². The predicted octanol–water partition coefficient (Wildman–Crippen LogP) is 2.18. The molecular weight excluding hydrogens is 276 g/mol. The first-order valence-electron chi connectivity index (χ1n) is 7.89. The molecule has 0 radical (unpaired) electrons. The highest BCUT2D eigenvalue weighted by molar-refractivity contribution is 5.84. The number of fused-ring (bicyclic) bond motifs is 1. The highest BCUT2D eigenvalue weighted by atomic mass is 16.5. The first-order chi connectivity index (χ1) is 10.7. The summed E-state index contributed by atoms with van der Waals surface area (Å²) in [7, 11) is 1.68. The van der Waals surface area contributed by atoms with E-state index in [0.29, 0.717) is 0 Å². The lowest BCUT2D eigenvalue weighted by molar-refractivity contribution is 0.0511. The molecule has 1 saturated heterocycles. The summed E-state index contributed by atoms with van der Waals surface area (Å²) >= 11 is 0. The van der Waals surface area contributed by atoms with Gasteiger partial charge in [0.25, 0.3) is 0 Å². The summed E-state index contributed by atoms with van der Waals surface area (Å²) < 4.78 is 5.26. The molecule has 0 bridgehead atoms. The van der Waals surface area contributed by atoms with Crippen LogP contribution in [-0.4, -0.2) is 49.3 Å². The van der Waals surface area contributed by atoms with Gasteiger partial charge in [0.1, 0.15) is 5.75 Å². The summed E-state index contributed by atoms with van der Waals surface area (Å²) in [6.45, 7) is 6.07. The maximum absolute atomic E-state index is 10.7. The van der Waals surface area contributed by atoms with E-state index >= 15 is 0 Å². The van der Waals surface area contributed by atoms with Crippen LogP contribution in [0.4, 0.5) is 0 Å². The van der Waals surface area contributed by atoms with Gasteiger partial charge in [-0.25, -0.2) is 0 Å². The number of nitrogens with one attached hydrogen (secondary N) is 1. The molecule has 1 fully saturated rings. The molecule has 0 aromatic heterocycles. The van der Waals surface area contributed by atoms with E-state index in [1.54, 1.807) is 7.11 Å². The lowest BCUT2D eigenvalue weighted by Crippen LogP contribution is -2.49. The zero-order valence-electron chi connectivity index (χ0n) is 13.2. The molecule has 4 nitrogen and oxygen atoms in total. The van der Waals surface area contributed by atoms with Gasteiger partial charge in [-0.05, 0) is 41.5 Å². The third-order valence-corrected chi connectivity index (χ3v) is 4.60. The Bertz CT molecular complexity index is 638. The van der Waals surface area contributed by atoms with E-state index in [4.69, 9.17) is 4.74 Å². The summed E-state index contributed by atoms with van der Waals surface area (Å²) in [5.74, 6) is 0.856. The van der Waals surface area contributed by atoms with Crippen LogP contribution in [0.2, 0.25) is 0 Å². The number of piperazine rings is 1. The van der Waals surface area contributed by atoms with Gasteiger partial charge in [0.05, 0.1) is 13.2 Å². The van der Waals surface area contributed by atoms with Crippen LogP contribution in [0, 0.1) is 0 Å². The smallest absolute Gasteiger partial charge is 0.119 e. The summed E-state index contributed by atoms with van der Waals surface area (Å²) in [5.41, 5.74) is 0.976. The fourth-order valence-corrected chi connectivity index (χ4v) is 3.12. The first-order valence-corrected chi connectivity index (χ1v) is 7.89. The summed E-state index contributed by atoms with van der Waals surface area (Å²) in [4.78, 5) is 2.35. The van der Waals surface area contributed by atoms with Gasteiger partial charge in [0, 0.05) is 32.2 Å². The van der Waals surface area contributed by atoms with Crippen molar-refractivity contribution in [3.63, 3.8) is 0 Å². The van der Waals surface area contributed by atoms with Crippen LogP contribution in [0.3, 0.4) is 0 Å². The fraction of sp³-hybridized carbons (Fsp3) is 0.444. The second-order valence-corrected chi connectivity index (χ2v) is 5.94. The molecule has 2 unspecified atom stereocenters. The molecule has 2 aromatic carbocycles. The van der Waals surface area contributed by atoms with Crippen LogP contribution in [-0.2, 0) is 0 Å². The number of hydrogen-bond acceptors (Lipinski definition) is 4. The van der Waals surface area contributed by atoms with E-state index in [1.165, 1.54) is 0 Å². The molecule has 1 aliphatic heterocycles. The Labute approximate surface area is 131 Å². The van der Waals surface area contributed by atoms with Crippen LogP contribution in [0.15, 0.2) is 36.4 Å². The van der Waals surface area contributed by atoms with Gasteiger partial charge < -0.3 is 15.2 Å². The van der Waals surface area contributed by atoms with Gasteiger partial charge >= 0.3 is 0 Å². The van der Waals surface area contributed by atoms with Crippen molar-refractivity contribution < 1.29 is 9.84 Å². The lowest BCUT2D eigenvalue weighted by atomic mass is 9.98. The second kappa shape index (κ2) is 6.65. The van der Waals surface area contributed by atoms with Crippen LogP contribution >= 0.6 is 0 Å². The molecular formula is C18H24N2O2. The van der Waals surface area contributed by atoms with E-state index in [1.807, 2.05) is 24.3 Å². The molecule has 0 spiro atoms. The van der Waals surface area contributed by atoms with Crippen molar-refractivity contribution in [2.75, 3.05) is 33.3 Å². The SMILES string of the molecule is COc1ccc2cc(C(O)C(C)N3CCNCC3)ccc2c1. The highest BCUT2D eigenvalue weighted by Crippen LogP contribution is 2.27. The number of ether oxygens (including phenoxy) is 1. The standard InChI is InChI=1S/C18H24N2O2/c1-13(20-9-7-19-8-10-20)18(21)16-4-3-15-12-17(22-2)6-5-14(15)11-16/h3-6,11-13,18-19,21H,7-10H2,1-2H3. The van der Waals surface area contributed by atoms with Gasteiger partial charge in [0.2, 0.25) is 0 Å². The van der Waals surface area contributed by atoms with Crippen molar-refractivity contribution >= 4 is 10.8 Å². The van der Waals surface area contributed by atoms with Crippen LogP contribution < -0.4 is 10.1 Å². The number of aliphatic hydroxyl groups is 1. The van der Waals surface area contributed by atoms with E-state index in [9.17, 15) is 5.11 Å². The molecule has 22 heavy (non-hydrogen) atoms. The summed E-state index contributed by atoms with van der Waals surface area (Å²) in [5, 5.41) is 16.3. The van der Waals surface area contributed by atoms with Crippen molar-refractivity contribution in [3.8, 4) is 5.75 Å².